The van der Waals surface area contributed by atoms with Gasteiger partial charge in [-0.3, -0.25) is 19.3 Å². The van der Waals surface area contributed by atoms with E-state index in [9.17, 15) is 14.4 Å². The van der Waals surface area contributed by atoms with Crippen molar-refractivity contribution in [3.05, 3.63) is 66.2 Å². The number of anilines is 2. The second-order valence-electron chi connectivity index (χ2n) is 6.87. The van der Waals surface area contributed by atoms with Crippen molar-refractivity contribution in [1.29, 1.82) is 0 Å². The number of ether oxygens (including phenoxy) is 1. The van der Waals surface area contributed by atoms with Gasteiger partial charge in [0.1, 0.15) is 5.75 Å². The first-order valence-corrected chi connectivity index (χ1v) is 9.17. The molecule has 1 fully saturated rings. The number of nitrogens with one attached hydrogen (secondary N) is 1. The molecule has 0 saturated carbocycles. The van der Waals surface area contributed by atoms with Gasteiger partial charge in [-0.2, -0.15) is 0 Å². The fourth-order valence-electron chi connectivity index (χ4n) is 3.78. The normalized spacial score (nSPS) is 20.8. The van der Waals surface area contributed by atoms with E-state index in [4.69, 9.17) is 4.74 Å². The molecule has 0 bridgehead atoms. The monoisotopic (exact) mass is 376 g/mol. The Bertz CT molecular complexity index is 956. The van der Waals surface area contributed by atoms with Crippen molar-refractivity contribution in [2.75, 3.05) is 17.3 Å². The summed E-state index contributed by atoms with van der Waals surface area (Å²) < 4.78 is 5.25. The smallest absolute Gasteiger partial charge is 0.255 e. The van der Waals surface area contributed by atoms with Gasteiger partial charge in [0.05, 0.1) is 30.3 Å². The number of allylic oxidation sites excluding steroid dienone is 2. The van der Waals surface area contributed by atoms with Crippen LogP contribution in [0.1, 0.15) is 23.2 Å². The van der Waals surface area contributed by atoms with Gasteiger partial charge >= 0.3 is 0 Å². The first kappa shape index (κ1) is 18.0. The minimum absolute atomic E-state index is 0.193. The highest BCUT2D eigenvalue weighted by Gasteiger charge is 2.47. The maximum absolute atomic E-state index is 12.8. The average Bonchev–Trinajstić information content (AvgIpc) is 2.99. The largest absolute Gasteiger partial charge is 0.495 e. The van der Waals surface area contributed by atoms with Crippen LogP contribution in [0.2, 0.25) is 0 Å². The van der Waals surface area contributed by atoms with Crippen LogP contribution in [0.4, 0.5) is 11.4 Å². The van der Waals surface area contributed by atoms with Gasteiger partial charge in [-0.25, -0.2) is 0 Å². The molecule has 142 valence electrons. The standard InChI is InChI=1S/C22H20N2O4/c1-28-19-12-5-4-11-18(19)23-20(25)14-7-6-8-15(13-14)24-21(26)16-9-2-3-10-17(16)22(24)27/h2-8,11-13,16-17H,9-10H2,1H3,(H,23,25). The molecule has 2 atom stereocenters. The number of benzene rings is 2. The molecule has 6 nitrogen and oxygen atoms in total. The summed E-state index contributed by atoms with van der Waals surface area (Å²) in [5, 5.41) is 2.81. The number of para-hydroxylation sites is 2. The Balaban J connectivity index is 1.59. The van der Waals surface area contributed by atoms with E-state index in [0.717, 1.165) is 0 Å². The lowest BCUT2D eigenvalue weighted by atomic mass is 9.85. The lowest BCUT2D eigenvalue weighted by Crippen LogP contribution is -2.31. The van der Waals surface area contributed by atoms with Crippen LogP contribution in [0.25, 0.3) is 0 Å². The molecule has 2 aromatic rings. The van der Waals surface area contributed by atoms with E-state index in [2.05, 4.69) is 5.32 Å². The van der Waals surface area contributed by atoms with Crippen LogP contribution < -0.4 is 15.0 Å². The van der Waals surface area contributed by atoms with Gasteiger partial charge in [-0.15, -0.1) is 0 Å². The van der Waals surface area contributed by atoms with Crippen LogP contribution in [-0.4, -0.2) is 24.8 Å². The van der Waals surface area contributed by atoms with E-state index in [1.165, 1.54) is 12.0 Å². The molecular formula is C22H20N2O4. The molecule has 0 radical (unpaired) electrons. The van der Waals surface area contributed by atoms with Gasteiger partial charge in [0.25, 0.3) is 5.91 Å². The highest BCUT2D eigenvalue weighted by Crippen LogP contribution is 2.37. The molecule has 1 aliphatic carbocycles. The Morgan fingerprint density at radius 3 is 2.36 bits per heavy atom. The second kappa shape index (κ2) is 7.31. The molecule has 1 heterocycles. The van der Waals surface area contributed by atoms with E-state index in [-0.39, 0.29) is 29.6 Å². The van der Waals surface area contributed by atoms with E-state index in [0.29, 0.717) is 35.5 Å². The fraction of sp³-hybridized carbons (Fsp3) is 0.227. The average molecular weight is 376 g/mol. The summed E-state index contributed by atoms with van der Waals surface area (Å²) in [5.41, 5.74) is 1.33. The molecule has 0 aromatic heterocycles. The number of fused-ring (bicyclic) bond motifs is 1. The van der Waals surface area contributed by atoms with Gasteiger partial charge in [0.2, 0.25) is 11.8 Å². The Labute approximate surface area is 162 Å². The van der Waals surface area contributed by atoms with Crippen LogP contribution in [-0.2, 0) is 9.59 Å². The molecule has 1 N–H and O–H groups in total. The maximum Gasteiger partial charge on any atom is 0.255 e. The third-order valence-electron chi connectivity index (χ3n) is 5.23. The molecule has 0 spiro atoms. The number of methoxy groups -OCH3 is 1. The molecule has 2 aromatic carbocycles. The number of nitrogens with zero attached hydrogens (tertiary/aromatic N) is 1. The van der Waals surface area contributed by atoms with Crippen molar-refractivity contribution in [2.24, 2.45) is 11.8 Å². The topological polar surface area (TPSA) is 75.7 Å². The molecule has 4 rings (SSSR count). The third kappa shape index (κ3) is 3.07. The van der Waals surface area contributed by atoms with Crippen molar-refractivity contribution in [3.8, 4) is 5.75 Å². The van der Waals surface area contributed by atoms with E-state index in [1.54, 1.807) is 42.5 Å². The predicted octanol–water partition coefficient (Wildman–Crippen LogP) is 3.40. The summed E-state index contributed by atoms with van der Waals surface area (Å²) in [6.07, 6.45) is 5.07. The summed E-state index contributed by atoms with van der Waals surface area (Å²) in [7, 11) is 1.53. The number of carbonyl (C=O) groups is 3. The Hall–Kier alpha value is -3.41. The zero-order valence-electron chi connectivity index (χ0n) is 15.4. The minimum Gasteiger partial charge on any atom is -0.495 e. The number of hydrogen-bond acceptors (Lipinski definition) is 4. The minimum atomic E-state index is -0.343. The van der Waals surface area contributed by atoms with Crippen LogP contribution in [0.15, 0.2) is 60.7 Å². The van der Waals surface area contributed by atoms with Gasteiger partial charge < -0.3 is 10.1 Å². The SMILES string of the molecule is COc1ccccc1NC(=O)c1cccc(N2C(=O)C3CC=CCC3C2=O)c1. The van der Waals surface area contributed by atoms with Gasteiger partial charge in [0.15, 0.2) is 0 Å². The second-order valence-corrected chi connectivity index (χ2v) is 6.87. The van der Waals surface area contributed by atoms with Crippen molar-refractivity contribution in [1.82, 2.24) is 0 Å². The Morgan fingerprint density at radius 1 is 1.00 bits per heavy atom. The lowest BCUT2D eigenvalue weighted by Gasteiger charge is -2.16. The number of hydrogen-bond donors (Lipinski definition) is 1. The molecular weight excluding hydrogens is 356 g/mol. The van der Waals surface area contributed by atoms with Crippen molar-refractivity contribution in [2.45, 2.75) is 12.8 Å². The predicted molar refractivity (Wildman–Crippen MR) is 105 cm³/mol. The van der Waals surface area contributed by atoms with Gasteiger partial charge in [-0.1, -0.05) is 30.4 Å². The lowest BCUT2D eigenvalue weighted by molar-refractivity contribution is -0.122. The van der Waals surface area contributed by atoms with Crippen LogP contribution in [0, 0.1) is 11.8 Å². The molecule has 2 aliphatic rings. The zero-order valence-corrected chi connectivity index (χ0v) is 15.4. The van der Waals surface area contributed by atoms with Crippen molar-refractivity contribution in [3.63, 3.8) is 0 Å². The summed E-state index contributed by atoms with van der Waals surface area (Å²) in [6, 6.07) is 13.7. The van der Waals surface area contributed by atoms with Crippen molar-refractivity contribution < 1.29 is 19.1 Å². The molecule has 1 saturated heterocycles. The first-order valence-electron chi connectivity index (χ1n) is 9.17. The first-order chi connectivity index (χ1) is 13.6. The zero-order chi connectivity index (χ0) is 19.7. The highest BCUT2D eigenvalue weighted by atomic mass is 16.5. The van der Waals surface area contributed by atoms with Crippen LogP contribution in [0.5, 0.6) is 5.75 Å². The van der Waals surface area contributed by atoms with E-state index < -0.39 is 0 Å². The molecule has 6 heteroatoms. The van der Waals surface area contributed by atoms with E-state index in [1.807, 2.05) is 18.2 Å². The number of amides is 3. The fourth-order valence-corrected chi connectivity index (χ4v) is 3.78. The summed E-state index contributed by atoms with van der Waals surface area (Å²) in [5.74, 6) is -0.784. The molecule has 1 aliphatic heterocycles. The number of imide groups is 1. The van der Waals surface area contributed by atoms with Crippen molar-refractivity contribution >= 4 is 29.1 Å². The third-order valence-corrected chi connectivity index (χ3v) is 5.23. The summed E-state index contributed by atoms with van der Waals surface area (Å²) in [4.78, 5) is 39.4. The molecule has 3 amide bonds. The van der Waals surface area contributed by atoms with Crippen LogP contribution in [0.3, 0.4) is 0 Å². The van der Waals surface area contributed by atoms with Gasteiger partial charge in [0, 0.05) is 5.56 Å². The van der Waals surface area contributed by atoms with Gasteiger partial charge in [-0.05, 0) is 43.2 Å². The Morgan fingerprint density at radius 2 is 1.68 bits per heavy atom. The van der Waals surface area contributed by atoms with E-state index >= 15 is 0 Å². The quantitative estimate of drug-likeness (QED) is 0.655. The maximum atomic E-state index is 12.8. The number of rotatable bonds is 4. The molecule has 28 heavy (non-hydrogen) atoms. The molecule has 2 unspecified atom stereocenters. The number of carbonyl (C=O) groups excluding carboxylic acids is 3. The highest BCUT2D eigenvalue weighted by molar-refractivity contribution is 6.22. The summed E-state index contributed by atoms with van der Waals surface area (Å²) in [6.45, 7) is 0. The summed E-state index contributed by atoms with van der Waals surface area (Å²) >= 11 is 0. The van der Waals surface area contributed by atoms with Crippen LogP contribution >= 0.6 is 0 Å². The Kier molecular flexibility index (Phi) is 4.69.